The maximum atomic E-state index is 11.6. The van der Waals surface area contributed by atoms with Crippen LogP contribution in [0.15, 0.2) is 0 Å². The summed E-state index contributed by atoms with van der Waals surface area (Å²) in [5.41, 5.74) is 0. The molecule has 0 saturated carbocycles. The van der Waals surface area contributed by atoms with Gasteiger partial charge in [-0.05, 0) is 20.3 Å². The largest absolute Gasteiger partial charge is 0.522 e. The molecule has 0 bridgehead atoms. The molecule has 0 spiro atoms. The van der Waals surface area contributed by atoms with Crippen molar-refractivity contribution in [1.82, 2.24) is 4.90 Å². The van der Waals surface area contributed by atoms with E-state index in [1.54, 1.807) is 0 Å². The molecule has 1 rings (SSSR count). The quantitative estimate of drug-likeness (QED) is 0.687. The third-order valence-electron chi connectivity index (χ3n) is 2.61. The lowest BCUT2D eigenvalue weighted by molar-refractivity contribution is -0.327. The van der Waals surface area contributed by atoms with Gasteiger partial charge in [-0.2, -0.15) is 0 Å². The Labute approximate surface area is 93.5 Å². The summed E-state index contributed by atoms with van der Waals surface area (Å²) in [6.07, 6.45) is -3.63. The van der Waals surface area contributed by atoms with E-state index in [4.69, 9.17) is 4.74 Å². The molecule has 0 amide bonds. The molecule has 1 aliphatic rings. The van der Waals surface area contributed by atoms with Crippen molar-refractivity contribution < 1.29 is 22.6 Å². The molecule has 0 radical (unpaired) electrons. The highest BCUT2D eigenvalue weighted by Crippen LogP contribution is 2.17. The second-order valence-corrected chi connectivity index (χ2v) is 4.16. The van der Waals surface area contributed by atoms with Gasteiger partial charge in [0, 0.05) is 19.1 Å². The molecule has 16 heavy (non-hydrogen) atoms. The van der Waals surface area contributed by atoms with Crippen LogP contribution in [0.5, 0.6) is 0 Å². The van der Waals surface area contributed by atoms with Crippen LogP contribution in [-0.4, -0.2) is 49.7 Å². The third kappa shape index (κ3) is 5.14. The van der Waals surface area contributed by atoms with Crippen LogP contribution in [0.3, 0.4) is 0 Å². The number of hydrogen-bond acceptors (Lipinski definition) is 3. The molecule has 1 heterocycles. The van der Waals surface area contributed by atoms with Crippen molar-refractivity contribution in [2.24, 2.45) is 0 Å². The highest BCUT2D eigenvalue weighted by atomic mass is 19.4. The standard InChI is InChI=1S/C10H18F3NO2/c1-8(2)14-4-3-9(7-14)15-5-6-16-10(11,12)13/h8-9H,3-7H2,1-2H3. The average molecular weight is 241 g/mol. The first kappa shape index (κ1) is 13.7. The Morgan fingerprint density at radius 1 is 1.31 bits per heavy atom. The predicted molar refractivity (Wildman–Crippen MR) is 53.1 cm³/mol. The van der Waals surface area contributed by atoms with E-state index in [9.17, 15) is 13.2 Å². The van der Waals surface area contributed by atoms with E-state index < -0.39 is 13.0 Å². The lowest BCUT2D eigenvalue weighted by Crippen LogP contribution is -2.30. The first-order valence-electron chi connectivity index (χ1n) is 5.45. The van der Waals surface area contributed by atoms with Gasteiger partial charge in [0.2, 0.25) is 0 Å². The Bertz CT molecular complexity index is 209. The fourth-order valence-electron chi connectivity index (χ4n) is 1.73. The van der Waals surface area contributed by atoms with E-state index in [1.807, 2.05) is 0 Å². The first-order valence-corrected chi connectivity index (χ1v) is 5.45. The fraction of sp³-hybridized carbons (Fsp3) is 1.00. The van der Waals surface area contributed by atoms with Crippen LogP contribution in [0, 0.1) is 0 Å². The van der Waals surface area contributed by atoms with Crippen LogP contribution in [0.1, 0.15) is 20.3 Å². The van der Waals surface area contributed by atoms with Gasteiger partial charge in [-0.15, -0.1) is 13.2 Å². The third-order valence-corrected chi connectivity index (χ3v) is 2.61. The van der Waals surface area contributed by atoms with Gasteiger partial charge < -0.3 is 4.74 Å². The monoisotopic (exact) mass is 241 g/mol. The fourth-order valence-corrected chi connectivity index (χ4v) is 1.73. The maximum Gasteiger partial charge on any atom is 0.522 e. The summed E-state index contributed by atoms with van der Waals surface area (Å²) in [6.45, 7) is 5.49. The van der Waals surface area contributed by atoms with E-state index in [1.165, 1.54) is 0 Å². The second-order valence-electron chi connectivity index (χ2n) is 4.16. The minimum atomic E-state index is -4.55. The lowest BCUT2D eigenvalue weighted by Gasteiger charge is -2.20. The Hall–Kier alpha value is -0.330. The maximum absolute atomic E-state index is 11.6. The number of likely N-dealkylation sites (tertiary alicyclic amines) is 1. The van der Waals surface area contributed by atoms with Crippen molar-refractivity contribution in [3.8, 4) is 0 Å². The van der Waals surface area contributed by atoms with Crippen molar-refractivity contribution in [2.45, 2.75) is 38.8 Å². The summed E-state index contributed by atoms with van der Waals surface area (Å²) in [6, 6.07) is 0.458. The van der Waals surface area contributed by atoms with Gasteiger partial charge >= 0.3 is 6.36 Å². The van der Waals surface area contributed by atoms with Gasteiger partial charge in [-0.25, -0.2) is 0 Å². The van der Waals surface area contributed by atoms with Crippen molar-refractivity contribution >= 4 is 0 Å². The van der Waals surface area contributed by atoms with Gasteiger partial charge in [0.25, 0.3) is 0 Å². The number of rotatable bonds is 5. The lowest BCUT2D eigenvalue weighted by atomic mass is 10.3. The van der Waals surface area contributed by atoms with Crippen molar-refractivity contribution in [2.75, 3.05) is 26.3 Å². The van der Waals surface area contributed by atoms with Crippen LogP contribution >= 0.6 is 0 Å². The molecule has 96 valence electrons. The molecule has 0 aliphatic carbocycles. The van der Waals surface area contributed by atoms with Crippen molar-refractivity contribution in [3.05, 3.63) is 0 Å². The molecule has 6 heteroatoms. The number of halogens is 3. The number of ether oxygens (including phenoxy) is 2. The molecular formula is C10H18F3NO2. The molecule has 1 fully saturated rings. The van der Waals surface area contributed by atoms with Gasteiger partial charge in [-0.3, -0.25) is 9.64 Å². The normalized spacial score (nSPS) is 23.2. The molecule has 0 aromatic rings. The molecule has 0 aromatic carbocycles. The van der Waals surface area contributed by atoms with Gasteiger partial charge in [0.15, 0.2) is 0 Å². The van der Waals surface area contributed by atoms with E-state index in [-0.39, 0.29) is 12.7 Å². The molecule has 1 atom stereocenters. The van der Waals surface area contributed by atoms with Crippen LogP contribution in [0.4, 0.5) is 13.2 Å². The zero-order valence-electron chi connectivity index (χ0n) is 9.59. The van der Waals surface area contributed by atoms with Gasteiger partial charge in [-0.1, -0.05) is 0 Å². The predicted octanol–water partition coefficient (Wildman–Crippen LogP) is 2.02. The summed E-state index contributed by atoms with van der Waals surface area (Å²) >= 11 is 0. The summed E-state index contributed by atoms with van der Waals surface area (Å²) in [5, 5.41) is 0. The number of hydrogen-bond donors (Lipinski definition) is 0. The molecule has 3 nitrogen and oxygen atoms in total. The molecule has 1 aliphatic heterocycles. The van der Waals surface area contributed by atoms with E-state index >= 15 is 0 Å². The SMILES string of the molecule is CC(C)N1CCC(OCCOC(F)(F)F)C1. The molecule has 0 N–H and O–H groups in total. The van der Waals surface area contributed by atoms with Gasteiger partial charge in [0.05, 0.1) is 19.3 Å². The Kier molecular flexibility index (Phi) is 5.01. The van der Waals surface area contributed by atoms with Crippen molar-refractivity contribution in [1.29, 1.82) is 0 Å². The summed E-state index contributed by atoms with van der Waals surface area (Å²) in [5.74, 6) is 0. The van der Waals surface area contributed by atoms with Crippen LogP contribution in [-0.2, 0) is 9.47 Å². The zero-order valence-corrected chi connectivity index (χ0v) is 9.59. The zero-order chi connectivity index (χ0) is 12.2. The second kappa shape index (κ2) is 5.84. The Morgan fingerprint density at radius 3 is 2.50 bits per heavy atom. The van der Waals surface area contributed by atoms with Crippen LogP contribution in [0.25, 0.3) is 0 Å². The average Bonchev–Trinajstić information content (AvgIpc) is 2.59. The summed E-state index contributed by atoms with van der Waals surface area (Å²) in [7, 11) is 0. The highest BCUT2D eigenvalue weighted by molar-refractivity contribution is 4.78. The van der Waals surface area contributed by atoms with E-state index in [0.717, 1.165) is 19.5 Å². The minimum absolute atomic E-state index is 0.00386. The van der Waals surface area contributed by atoms with E-state index in [2.05, 4.69) is 23.5 Å². The Balaban J connectivity index is 2.07. The summed E-state index contributed by atoms with van der Waals surface area (Å²) < 4.78 is 43.9. The minimum Gasteiger partial charge on any atom is -0.374 e. The van der Waals surface area contributed by atoms with Gasteiger partial charge in [0.1, 0.15) is 0 Å². The van der Waals surface area contributed by atoms with Crippen LogP contribution < -0.4 is 0 Å². The van der Waals surface area contributed by atoms with Crippen LogP contribution in [0.2, 0.25) is 0 Å². The topological polar surface area (TPSA) is 21.7 Å². The van der Waals surface area contributed by atoms with Crippen molar-refractivity contribution in [3.63, 3.8) is 0 Å². The number of nitrogens with zero attached hydrogens (tertiary/aromatic N) is 1. The molecular weight excluding hydrogens is 223 g/mol. The smallest absolute Gasteiger partial charge is 0.374 e. The molecule has 1 unspecified atom stereocenters. The number of alkyl halides is 3. The summed E-state index contributed by atoms with van der Waals surface area (Å²) in [4.78, 5) is 2.25. The van der Waals surface area contributed by atoms with E-state index in [0.29, 0.717) is 6.04 Å². The molecule has 0 aromatic heterocycles. The first-order chi connectivity index (χ1) is 7.38. The molecule has 1 saturated heterocycles. The Morgan fingerprint density at radius 2 is 2.00 bits per heavy atom. The highest BCUT2D eigenvalue weighted by Gasteiger charge is 2.29.